The lowest BCUT2D eigenvalue weighted by Crippen LogP contribution is -2.34. The standard InChI is InChI=1S/C20H23N3O3S/c1-4-7-17(24)21-14-9-6-10-15(12-14)22-20(27)23-19(25)16-11-5-8-13(2)18(16)26-3/h5-6,8-12H,4,7H2,1-3H3,(H,21,24)(H2,22,23,25,27). The van der Waals surface area contributed by atoms with Gasteiger partial charge in [0.15, 0.2) is 5.11 Å². The first-order valence-electron chi connectivity index (χ1n) is 8.60. The van der Waals surface area contributed by atoms with Crippen LogP contribution >= 0.6 is 12.2 Å². The summed E-state index contributed by atoms with van der Waals surface area (Å²) in [5.74, 6) is 0.107. The van der Waals surface area contributed by atoms with Crippen molar-refractivity contribution in [2.24, 2.45) is 0 Å². The zero-order valence-corrected chi connectivity index (χ0v) is 16.4. The number of thiocarbonyl (C=S) groups is 1. The molecule has 0 aliphatic rings. The molecule has 0 heterocycles. The van der Waals surface area contributed by atoms with E-state index in [-0.39, 0.29) is 16.9 Å². The molecule has 2 aromatic rings. The number of aryl methyl sites for hydroxylation is 1. The molecule has 2 rings (SSSR count). The van der Waals surface area contributed by atoms with Crippen molar-refractivity contribution in [1.29, 1.82) is 0 Å². The zero-order valence-electron chi connectivity index (χ0n) is 15.6. The highest BCUT2D eigenvalue weighted by atomic mass is 32.1. The van der Waals surface area contributed by atoms with Crippen LogP contribution in [0.5, 0.6) is 5.75 Å². The van der Waals surface area contributed by atoms with Crippen molar-refractivity contribution in [2.45, 2.75) is 26.7 Å². The molecule has 0 aromatic heterocycles. The van der Waals surface area contributed by atoms with E-state index in [9.17, 15) is 9.59 Å². The summed E-state index contributed by atoms with van der Waals surface area (Å²) >= 11 is 5.23. The molecule has 2 aromatic carbocycles. The van der Waals surface area contributed by atoms with Gasteiger partial charge in [-0.1, -0.05) is 25.1 Å². The Hall–Kier alpha value is -2.93. The summed E-state index contributed by atoms with van der Waals surface area (Å²) in [6.45, 7) is 3.81. The number of carbonyl (C=O) groups is 2. The predicted octanol–water partition coefficient (Wildman–Crippen LogP) is 3.87. The number of methoxy groups -OCH3 is 1. The Kier molecular flexibility index (Phi) is 7.31. The van der Waals surface area contributed by atoms with Gasteiger partial charge in [0.25, 0.3) is 5.91 Å². The fourth-order valence-electron chi connectivity index (χ4n) is 2.56. The van der Waals surface area contributed by atoms with Gasteiger partial charge in [-0.25, -0.2) is 0 Å². The average Bonchev–Trinajstić information content (AvgIpc) is 2.61. The summed E-state index contributed by atoms with van der Waals surface area (Å²) in [5.41, 5.74) is 2.58. The minimum Gasteiger partial charge on any atom is -0.496 e. The van der Waals surface area contributed by atoms with Crippen molar-refractivity contribution in [3.8, 4) is 5.75 Å². The molecule has 0 saturated heterocycles. The van der Waals surface area contributed by atoms with Crippen LogP contribution in [0.15, 0.2) is 42.5 Å². The highest BCUT2D eigenvalue weighted by Gasteiger charge is 2.15. The summed E-state index contributed by atoms with van der Waals surface area (Å²) in [5, 5.41) is 8.56. The first-order valence-corrected chi connectivity index (χ1v) is 9.01. The van der Waals surface area contributed by atoms with E-state index in [1.807, 2.05) is 19.9 Å². The van der Waals surface area contributed by atoms with Crippen LogP contribution in [0.25, 0.3) is 0 Å². The van der Waals surface area contributed by atoms with Gasteiger partial charge in [-0.15, -0.1) is 0 Å². The van der Waals surface area contributed by atoms with E-state index in [0.717, 1.165) is 12.0 Å². The lowest BCUT2D eigenvalue weighted by atomic mass is 10.1. The van der Waals surface area contributed by atoms with Gasteiger partial charge in [0.05, 0.1) is 12.7 Å². The van der Waals surface area contributed by atoms with Crippen LogP contribution in [0, 0.1) is 6.92 Å². The minimum atomic E-state index is -0.361. The maximum Gasteiger partial charge on any atom is 0.261 e. The molecule has 0 atom stereocenters. The number of benzene rings is 2. The monoisotopic (exact) mass is 385 g/mol. The van der Waals surface area contributed by atoms with Crippen molar-refractivity contribution in [2.75, 3.05) is 17.7 Å². The molecular weight excluding hydrogens is 362 g/mol. The Balaban J connectivity index is 2.03. The van der Waals surface area contributed by atoms with E-state index in [0.29, 0.717) is 29.1 Å². The molecule has 0 aliphatic heterocycles. The van der Waals surface area contributed by atoms with Crippen molar-refractivity contribution >= 4 is 40.5 Å². The van der Waals surface area contributed by atoms with Crippen molar-refractivity contribution < 1.29 is 14.3 Å². The van der Waals surface area contributed by atoms with Crippen LogP contribution in [-0.2, 0) is 4.79 Å². The Morgan fingerprint density at radius 1 is 1.07 bits per heavy atom. The molecule has 0 bridgehead atoms. The van der Waals surface area contributed by atoms with Gasteiger partial charge in [0.2, 0.25) is 5.91 Å². The van der Waals surface area contributed by atoms with Gasteiger partial charge in [0, 0.05) is 17.8 Å². The first kappa shape index (κ1) is 20.4. The molecule has 0 spiro atoms. The molecule has 142 valence electrons. The maximum absolute atomic E-state index is 12.5. The van der Waals surface area contributed by atoms with Crippen LogP contribution in [0.1, 0.15) is 35.7 Å². The third-order valence-electron chi connectivity index (χ3n) is 3.77. The van der Waals surface area contributed by atoms with E-state index in [2.05, 4.69) is 16.0 Å². The summed E-state index contributed by atoms with van der Waals surface area (Å²) < 4.78 is 5.30. The van der Waals surface area contributed by atoms with Crippen LogP contribution < -0.4 is 20.7 Å². The third kappa shape index (κ3) is 5.79. The number of para-hydroxylation sites is 1. The summed E-state index contributed by atoms with van der Waals surface area (Å²) in [4.78, 5) is 24.2. The molecule has 3 N–H and O–H groups in total. The fourth-order valence-corrected chi connectivity index (χ4v) is 2.77. The van der Waals surface area contributed by atoms with E-state index in [1.54, 1.807) is 36.4 Å². The number of rotatable bonds is 6. The number of nitrogens with one attached hydrogen (secondary N) is 3. The zero-order chi connectivity index (χ0) is 19.8. The third-order valence-corrected chi connectivity index (χ3v) is 3.97. The highest BCUT2D eigenvalue weighted by Crippen LogP contribution is 2.22. The number of hydrogen-bond donors (Lipinski definition) is 3. The van der Waals surface area contributed by atoms with Gasteiger partial charge in [-0.3, -0.25) is 14.9 Å². The smallest absolute Gasteiger partial charge is 0.261 e. The van der Waals surface area contributed by atoms with Gasteiger partial charge in [0.1, 0.15) is 5.75 Å². The van der Waals surface area contributed by atoms with Crippen LogP contribution in [-0.4, -0.2) is 24.0 Å². The van der Waals surface area contributed by atoms with E-state index in [1.165, 1.54) is 7.11 Å². The molecular formula is C20H23N3O3S. The maximum atomic E-state index is 12.5. The lowest BCUT2D eigenvalue weighted by molar-refractivity contribution is -0.116. The van der Waals surface area contributed by atoms with Gasteiger partial charge in [-0.2, -0.15) is 0 Å². The van der Waals surface area contributed by atoms with Crippen molar-refractivity contribution in [3.05, 3.63) is 53.6 Å². The number of hydrogen-bond acceptors (Lipinski definition) is 4. The molecule has 6 nitrogen and oxygen atoms in total. The molecule has 0 radical (unpaired) electrons. The molecule has 7 heteroatoms. The summed E-state index contributed by atoms with van der Waals surface area (Å²) in [6, 6.07) is 12.4. The lowest BCUT2D eigenvalue weighted by Gasteiger charge is -2.13. The van der Waals surface area contributed by atoms with Crippen molar-refractivity contribution in [1.82, 2.24) is 5.32 Å². The van der Waals surface area contributed by atoms with Crippen LogP contribution in [0.2, 0.25) is 0 Å². The van der Waals surface area contributed by atoms with Crippen molar-refractivity contribution in [3.63, 3.8) is 0 Å². The average molecular weight is 385 g/mol. The van der Waals surface area contributed by atoms with Gasteiger partial charge >= 0.3 is 0 Å². The summed E-state index contributed by atoms with van der Waals surface area (Å²) in [7, 11) is 1.52. The van der Waals surface area contributed by atoms with E-state index >= 15 is 0 Å². The largest absolute Gasteiger partial charge is 0.496 e. The first-order chi connectivity index (χ1) is 12.9. The van der Waals surface area contributed by atoms with Gasteiger partial charge in [-0.05, 0) is 55.4 Å². The Morgan fingerprint density at radius 3 is 2.41 bits per heavy atom. The molecule has 0 aliphatic carbocycles. The Morgan fingerprint density at radius 2 is 1.74 bits per heavy atom. The van der Waals surface area contributed by atoms with Crippen LogP contribution in [0.3, 0.4) is 0 Å². The fraction of sp³-hybridized carbons (Fsp3) is 0.250. The second kappa shape index (κ2) is 9.68. The SMILES string of the molecule is CCCC(=O)Nc1cccc(NC(=S)NC(=O)c2cccc(C)c2OC)c1. The normalized spacial score (nSPS) is 10.0. The highest BCUT2D eigenvalue weighted by molar-refractivity contribution is 7.80. The second-order valence-electron chi connectivity index (χ2n) is 5.94. The minimum absolute atomic E-state index is 0.0444. The Bertz CT molecular complexity index is 852. The summed E-state index contributed by atoms with van der Waals surface area (Å²) in [6.07, 6.45) is 1.24. The number of ether oxygens (including phenoxy) is 1. The molecule has 0 saturated carbocycles. The molecule has 2 amide bonds. The predicted molar refractivity (Wildman–Crippen MR) is 111 cm³/mol. The van der Waals surface area contributed by atoms with Crippen LogP contribution in [0.4, 0.5) is 11.4 Å². The number of anilines is 2. The second-order valence-corrected chi connectivity index (χ2v) is 6.35. The number of amides is 2. The van der Waals surface area contributed by atoms with Gasteiger partial charge < -0.3 is 15.4 Å². The van der Waals surface area contributed by atoms with E-state index < -0.39 is 0 Å². The van der Waals surface area contributed by atoms with E-state index in [4.69, 9.17) is 17.0 Å². The molecule has 27 heavy (non-hydrogen) atoms. The Labute approximate surface area is 164 Å². The quantitative estimate of drug-likeness (QED) is 0.658. The topological polar surface area (TPSA) is 79.5 Å². The molecule has 0 unspecified atom stereocenters. The molecule has 0 fully saturated rings. The number of carbonyl (C=O) groups excluding carboxylic acids is 2.